The molecule has 0 radical (unpaired) electrons. The molecule has 0 spiro atoms. The van der Waals surface area contributed by atoms with Crippen molar-refractivity contribution >= 4 is 5.91 Å². The Morgan fingerprint density at radius 2 is 1.83 bits per heavy atom. The number of carbonyl (C=O) groups excluding carboxylic acids is 1. The fourth-order valence-electron chi connectivity index (χ4n) is 2.68. The monoisotopic (exact) mass is 319 g/mol. The molecule has 0 fully saturated rings. The number of amides is 1. The molecule has 0 aliphatic heterocycles. The van der Waals surface area contributed by atoms with E-state index in [9.17, 15) is 4.79 Å². The summed E-state index contributed by atoms with van der Waals surface area (Å²) in [7, 11) is 0. The summed E-state index contributed by atoms with van der Waals surface area (Å²) in [5.74, 6) is -0.130. The zero-order chi connectivity index (χ0) is 16.9. The SMILES string of the molecule is CCc1ccc(-c2[nH]ncc2C(=O)N[C@@H](C)c2ccccc2)cc1. The van der Waals surface area contributed by atoms with E-state index in [0.717, 1.165) is 23.2 Å². The van der Waals surface area contributed by atoms with Crippen molar-refractivity contribution in [3.63, 3.8) is 0 Å². The summed E-state index contributed by atoms with van der Waals surface area (Å²) >= 11 is 0. The molecule has 2 N–H and O–H groups in total. The summed E-state index contributed by atoms with van der Waals surface area (Å²) in [6.07, 6.45) is 2.57. The Morgan fingerprint density at radius 1 is 1.12 bits per heavy atom. The number of hydrogen-bond acceptors (Lipinski definition) is 2. The number of rotatable bonds is 5. The molecule has 3 rings (SSSR count). The number of aryl methyl sites for hydroxylation is 1. The minimum Gasteiger partial charge on any atom is -0.345 e. The fourth-order valence-corrected chi connectivity index (χ4v) is 2.68. The van der Waals surface area contributed by atoms with Gasteiger partial charge in [-0.25, -0.2) is 0 Å². The van der Waals surface area contributed by atoms with Crippen LogP contribution in [0.3, 0.4) is 0 Å². The number of nitrogens with zero attached hydrogens (tertiary/aromatic N) is 1. The molecule has 4 heteroatoms. The van der Waals surface area contributed by atoms with Crippen molar-refractivity contribution in [1.29, 1.82) is 0 Å². The van der Waals surface area contributed by atoms with Crippen LogP contribution in [-0.2, 0) is 6.42 Å². The van der Waals surface area contributed by atoms with Crippen molar-refractivity contribution in [2.24, 2.45) is 0 Å². The summed E-state index contributed by atoms with van der Waals surface area (Å²) in [5.41, 5.74) is 4.60. The molecule has 0 saturated heterocycles. The third-order valence-corrected chi connectivity index (χ3v) is 4.18. The van der Waals surface area contributed by atoms with Gasteiger partial charge >= 0.3 is 0 Å². The van der Waals surface area contributed by atoms with Gasteiger partial charge in [0.25, 0.3) is 5.91 Å². The van der Waals surface area contributed by atoms with Crippen LogP contribution < -0.4 is 5.32 Å². The standard InChI is InChI=1S/C20H21N3O/c1-3-15-9-11-17(12-10-15)19-18(13-21-23-19)20(24)22-14(2)16-7-5-4-6-8-16/h4-14H,3H2,1-2H3,(H,21,23)(H,22,24)/t14-/m0/s1. The van der Waals surface area contributed by atoms with Gasteiger partial charge in [0, 0.05) is 5.56 Å². The first kappa shape index (κ1) is 16.0. The average molecular weight is 319 g/mol. The van der Waals surface area contributed by atoms with Crippen LogP contribution in [-0.4, -0.2) is 16.1 Å². The number of aromatic amines is 1. The van der Waals surface area contributed by atoms with Crippen LogP contribution in [0.5, 0.6) is 0 Å². The normalized spacial score (nSPS) is 11.9. The third-order valence-electron chi connectivity index (χ3n) is 4.18. The van der Waals surface area contributed by atoms with Gasteiger partial charge in [0.1, 0.15) is 0 Å². The highest BCUT2D eigenvalue weighted by Gasteiger charge is 2.17. The maximum absolute atomic E-state index is 12.6. The van der Waals surface area contributed by atoms with Crippen molar-refractivity contribution in [3.8, 4) is 11.3 Å². The molecular weight excluding hydrogens is 298 g/mol. The van der Waals surface area contributed by atoms with E-state index >= 15 is 0 Å². The molecule has 0 aliphatic rings. The molecule has 0 saturated carbocycles. The summed E-state index contributed by atoms with van der Waals surface area (Å²) in [6.45, 7) is 4.10. The first-order chi connectivity index (χ1) is 11.7. The lowest BCUT2D eigenvalue weighted by Crippen LogP contribution is -2.26. The highest BCUT2D eigenvalue weighted by Crippen LogP contribution is 2.22. The highest BCUT2D eigenvalue weighted by atomic mass is 16.1. The maximum atomic E-state index is 12.6. The summed E-state index contributed by atoms with van der Waals surface area (Å²) < 4.78 is 0. The van der Waals surface area contributed by atoms with Gasteiger partial charge in [0.15, 0.2) is 0 Å². The zero-order valence-electron chi connectivity index (χ0n) is 13.9. The predicted octanol–water partition coefficient (Wildman–Crippen LogP) is 4.13. The number of nitrogens with one attached hydrogen (secondary N) is 2. The smallest absolute Gasteiger partial charge is 0.255 e. The van der Waals surface area contributed by atoms with Gasteiger partial charge in [-0.3, -0.25) is 9.89 Å². The predicted molar refractivity (Wildman–Crippen MR) is 95.7 cm³/mol. The molecule has 3 aromatic rings. The first-order valence-corrected chi connectivity index (χ1v) is 8.17. The minimum absolute atomic E-state index is 0.0658. The Kier molecular flexibility index (Phi) is 4.75. The van der Waals surface area contributed by atoms with Crippen molar-refractivity contribution in [1.82, 2.24) is 15.5 Å². The highest BCUT2D eigenvalue weighted by molar-refractivity contribution is 5.99. The van der Waals surface area contributed by atoms with Crippen LogP contribution in [0.25, 0.3) is 11.3 Å². The van der Waals surface area contributed by atoms with Gasteiger partial charge in [0.2, 0.25) is 0 Å². The Hall–Kier alpha value is -2.88. The van der Waals surface area contributed by atoms with Crippen LogP contribution in [0.2, 0.25) is 0 Å². The van der Waals surface area contributed by atoms with E-state index in [1.54, 1.807) is 6.20 Å². The Bertz CT molecular complexity index is 806. The number of carbonyl (C=O) groups is 1. The van der Waals surface area contributed by atoms with E-state index in [1.807, 2.05) is 49.4 Å². The van der Waals surface area contributed by atoms with Crippen LogP contribution >= 0.6 is 0 Å². The number of H-pyrrole nitrogens is 1. The molecule has 1 amide bonds. The Balaban J connectivity index is 1.80. The molecule has 0 bridgehead atoms. The Morgan fingerprint density at radius 3 is 2.50 bits per heavy atom. The van der Waals surface area contributed by atoms with Gasteiger partial charge in [-0.05, 0) is 24.5 Å². The third kappa shape index (κ3) is 3.38. The molecule has 0 aliphatic carbocycles. The van der Waals surface area contributed by atoms with E-state index in [-0.39, 0.29) is 11.9 Å². The first-order valence-electron chi connectivity index (χ1n) is 8.17. The van der Waals surface area contributed by atoms with E-state index in [1.165, 1.54) is 5.56 Å². The maximum Gasteiger partial charge on any atom is 0.255 e. The van der Waals surface area contributed by atoms with Gasteiger partial charge in [-0.1, -0.05) is 61.5 Å². The van der Waals surface area contributed by atoms with Gasteiger partial charge in [-0.15, -0.1) is 0 Å². The lowest BCUT2D eigenvalue weighted by Gasteiger charge is -2.14. The largest absolute Gasteiger partial charge is 0.345 e. The Labute approximate surface area is 141 Å². The quantitative estimate of drug-likeness (QED) is 0.743. The number of aromatic nitrogens is 2. The van der Waals surface area contributed by atoms with Crippen molar-refractivity contribution in [2.45, 2.75) is 26.3 Å². The van der Waals surface area contributed by atoms with Gasteiger partial charge in [-0.2, -0.15) is 5.10 Å². The van der Waals surface area contributed by atoms with Gasteiger partial charge < -0.3 is 5.32 Å². The van der Waals surface area contributed by atoms with E-state index in [4.69, 9.17) is 0 Å². The van der Waals surface area contributed by atoms with Crippen LogP contribution in [0.4, 0.5) is 0 Å². The lowest BCUT2D eigenvalue weighted by molar-refractivity contribution is 0.0940. The van der Waals surface area contributed by atoms with Gasteiger partial charge in [0.05, 0.1) is 23.5 Å². The van der Waals surface area contributed by atoms with E-state index in [0.29, 0.717) is 5.56 Å². The van der Waals surface area contributed by atoms with Crippen molar-refractivity contribution in [2.75, 3.05) is 0 Å². The summed E-state index contributed by atoms with van der Waals surface area (Å²) in [5, 5.41) is 10.0. The second-order valence-corrected chi connectivity index (χ2v) is 5.81. The van der Waals surface area contributed by atoms with Crippen LogP contribution in [0.1, 0.15) is 41.4 Å². The van der Waals surface area contributed by atoms with E-state index < -0.39 is 0 Å². The molecule has 1 aromatic heterocycles. The molecule has 24 heavy (non-hydrogen) atoms. The van der Waals surface area contributed by atoms with Crippen LogP contribution in [0.15, 0.2) is 60.8 Å². The topological polar surface area (TPSA) is 57.8 Å². The molecule has 122 valence electrons. The van der Waals surface area contributed by atoms with Crippen LogP contribution in [0, 0.1) is 0 Å². The molecule has 1 heterocycles. The minimum atomic E-state index is -0.130. The summed E-state index contributed by atoms with van der Waals surface area (Å²) in [4.78, 5) is 12.6. The zero-order valence-corrected chi connectivity index (χ0v) is 13.9. The molecule has 0 unspecified atom stereocenters. The molecule has 4 nitrogen and oxygen atoms in total. The van der Waals surface area contributed by atoms with E-state index in [2.05, 4.69) is 34.6 Å². The second-order valence-electron chi connectivity index (χ2n) is 5.81. The summed E-state index contributed by atoms with van der Waals surface area (Å²) in [6, 6.07) is 18.0. The fraction of sp³-hybridized carbons (Fsp3) is 0.200. The molecule has 1 atom stereocenters. The van der Waals surface area contributed by atoms with Crippen molar-refractivity contribution < 1.29 is 4.79 Å². The molecular formula is C20H21N3O. The lowest BCUT2D eigenvalue weighted by atomic mass is 10.0. The van der Waals surface area contributed by atoms with Crippen molar-refractivity contribution in [3.05, 3.63) is 77.5 Å². The number of hydrogen-bond donors (Lipinski definition) is 2. The molecule has 2 aromatic carbocycles. The second kappa shape index (κ2) is 7.13. The average Bonchev–Trinajstić information content (AvgIpc) is 3.12. The number of benzene rings is 2.